The Morgan fingerprint density at radius 1 is 1.35 bits per heavy atom. The van der Waals surface area contributed by atoms with E-state index in [1.165, 1.54) is 0 Å². The van der Waals surface area contributed by atoms with Gasteiger partial charge in [0, 0.05) is 0 Å². The van der Waals surface area contributed by atoms with Gasteiger partial charge in [-0.3, -0.25) is 0 Å². The van der Waals surface area contributed by atoms with Crippen LogP contribution in [0.5, 0.6) is 5.75 Å². The Hall–Kier alpha value is -1.51. The molecule has 0 saturated heterocycles. The molecule has 0 amide bonds. The lowest BCUT2D eigenvalue weighted by atomic mass is 10.1. The van der Waals surface area contributed by atoms with E-state index >= 15 is 0 Å². The van der Waals surface area contributed by atoms with Crippen molar-refractivity contribution < 1.29 is 14.3 Å². The fourth-order valence-electron chi connectivity index (χ4n) is 1.43. The molecule has 3 nitrogen and oxygen atoms in total. The van der Waals surface area contributed by atoms with Crippen LogP contribution in [-0.2, 0) is 4.74 Å². The summed E-state index contributed by atoms with van der Waals surface area (Å²) in [6.07, 6.45) is 0. The summed E-state index contributed by atoms with van der Waals surface area (Å²) in [7, 11) is 0. The molecule has 0 atom stereocenters. The molecule has 1 aromatic carbocycles. The van der Waals surface area contributed by atoms with Gasteiger partial charge in [0.15, 0.2) is 0 Å². The van der Waals surface area contributed by atoms with E-state index in [4.69, 9.17) is 9.47 Å². The van der Waals surface area contributed by atoms with Crippen LogP contribution < -0.4 is 4.74 Å². The lowest BCUT2D eigenvalue weighted by molar-refractivity contribution is 0.0525. The van der Waals surface area contributed by atoms with Crippen LogP contribution in [0.1, 0.15) is 36.7 Å². The van der Waals surface area contributed by atoms with Gasteiger partial charge in [-0.15, -0.1) is 0 Å². The highest BCUT2D eigenvalue weighted by Gasteiger charge is 2.10. The number of carbonyl (C=O) groups excluding carboxylic acids is 1. The minimum atomic E-state index is -0.277. The Kier molecular flexibility index (Phi) is 5.01. The molecule has 0 aromatic heterocycles. The Morgan fingerprint density at radius 2 is 2.06 bits per heavy atom. The van der Waals surface area contributed by atoms with E-state index in [0.717, 1.165) is 11.3 Å². The number of benzene rings is 1. The molecule has 1 aromatic rings. The second kappa shape index (κ2) is 6.28. The summed E-state index contributed by atoms with van der Waals surface area (Å²) in [6.45, 7) is 8.95. The van der Waals surface area contributed by atoms with Crippen LogP contribution in [0.15, 0.2) is 18.2 Å². The number of carbonyl (C=O) groups is 1. The van der Waals surface area contributed by atoms with Crippen LogP contribution in [0.4, 0.5) is 0 Å². The van der Waals surface area contributed by atoms with Gasteiger partial charge in [-0.05, 0) is 43.5 Å². The molecule has 17 heavy (non-hydrogen) atoms. The van der Waals surface area contributed by atoms with Crippen LogP contribution in [0.2, 0.25) is 0 Å². The van der Waals surface area contributed by atoms with E-state index in [1.54, 1.807) is 13.0 Å². The lowest BCUT2D eigenvalue weighted by Gasteiger charge is -2.11. The maximum absolute atomic E-state index is 11.6. The van der Waals surface area contributed by atoms with Gasteiger partial charge in [-0.25, -0.2) is 4.79 Å². The van der Waals surface area contributed by atoms with Crippen LogP contribution in [0.25, 0.3) is 0 Å². The van der Waals surface area contributed by atoms with Crippen molar-refractivity contribution in [2.45, 2.75) is 27.7 Å². The molecule has 0 heterocycles. The average Bonchev–Trinajstić information content (AvgIpc) is 2.26. The van der Waals surface area contributed by atoms with Gasteiger partial charge in [-0.2, -0.15) is 0 Å². The summed E-state index contributed by atoms with van der Waals surface area (Å²) in [5, 5.41) is 0. The van der Waals surface area contributed by atoms with Crippen molar-refractivity contribution >= 4 is 5.97 Å². The molecule has 0 aliphatic rings. The summed E-state index contributed by atoms with van der Waals surface area (Å²) >= 11 is 0. The third-order valence-corrected chi connectivity index (χ3v) is 2.28. The molecule has 0 unspecified atom stereocenters. The van der Waals surface area contributed by atoms with Gasteiger partial charge in [-0.1, -0.05) is 13.8 Å². The lowest BCUT2D eigenvalue weighted by Crippen LogP contribution is -2.08. The normalized spacial score (nSPS) is 10.4. The monoisotopic (exact) mass is 236 g/mol. The Bertz CT molecular complexity index is 383. The van der Waals surface area contributed by atoms with E-state index in [-0.39, 0.29) is 5.97 Å². The number of hydrogen-bond acceptors (Lipinski definition) is 3. The average molecular weight is 236 g/mol. The third kappa shape index (κ3) is 4.10. The minimum Gasteiger partial charge on any atom is -0.493 e. The first-order valence-electron chi connectivity index (χ1n) is 5.95. The van der Waals surface area contributed by atoms with Gasteiger partial charge in [0.2, 0.25) is 0 Å². The SMILES string of the molecule is CCOC(=O)c1ccc(OCC(C)C)cc1C. The van der Waals surface area contributed by atoms with Crippen LogP contribution in [-0.4, -0.2) is 19.2 Å². The minimum absolute atomic E-state index is 0.277. The molecule has 0 saturated carbocycles. The first kappa shape index (κ1) is 13.6. The fraction of sp³-hybridized carbons (Fsp3) is 0.500. The topological polar surface area (TPSA) is 35.5 Å². The van der Waals surface area contributed by atoms with Crippen molar-refractivity contribution in [1.29, 1.82) is 0 Å². The summed E-state index contributed by atoms with van der Waals surface area (Å²) in [6, 6.07) is 5.43. The fourth-order valence-corrected chi connectivity index (χ4v) is 1.43. The van der Waals surface area contributed by atoms with Gasteiger partial charge in [0.05, 0.1) is 18.8 Å². The highest BCUT2D eigenvalue weighted by Crippen LogP contribution is 2.18. The number of aryl methyl sites for hydroxylation is 1. The molecule has 1 rings (SSSR count). The maximum atomic E-state index is 11.6. The summed E-state index contributed by atoms with van der Waals surface area (Å²) in [5.74, 6) is 1.00. The van der Waals surface area contributed by atoms with Gasteiger partial charge in [0.1, 0.15) is 5.75 Å². The van der Waals surface area contributed by atoms with Gasteiger partial charge < -0.3 is 9.47 Å². The molecule has 0 N–H and O–H groups in total. The molecular weight excluding hydrogens is 216 g/mol. The molecule has 0 radical (unpaired) electrons. The smallest absolute Gasteiger partial charge is 0.338 e. The van der Waals surface area contributed by atoms with Crippen LogP contribution in [0.3, 0.4) is 0 Å². The molecule has 0 aliphatic carbocycles. The first-order chi connectivity index (χ1) is 8.04. The molecular formula is C14H20O3. The molecule has 0 spiro atoms. The summed E-state index contributed by atoms with van der Waals surface area (Å²) in [5.41, 5.74) is 1.48. The van der Waals surface area contributed by atoms with Crippen LogP contribution in [0, 0.1) is 12.8 Å². The Balaban J connectivity index is 2.75. The van der Waals surface area contributed by atoms with Gasteiger partial charge in [0.25, 0.3) is 0 Å². The Morgan fingerprint density at radius 3 is 2.59 bits per heavy atom. The van der Waals surface area contributed by atoms with E-state index in [9.17, 15) is 4.79 Å². The zero-order chi connectivity index (χ0) is 12.8. The summed E-state index contributed by atoms with van der Waals surface area (Å²) < 4.78 is 10.6. The molecule has 3 heteroatoms. The van der Waals surface area contributed by atoms with Crippen molar-refractivity contribution in [3.63, 3.8) is 0 Å². The quantitative estimate of drug-likeness (QED) is 0.736. The summed E-state index contributed by atoms with van der Waals surface area (Å²) in [4.78, 5) is 11.6. The largest absolute Gasteiger partial charge is 0.493 e. The molecule has 94 valence electrons. The zero-order valence-corrected chi connectivity index (χ0v) is 10.9. The maximum Gasteiger partial charge on any atom is 0.338 e. The molecule has 0 aliphatic heterocycles. The van der Waals surface area contributed by atoms with Crippen molar-refractivity contribution in [2.75, 3.05) is 13.2 Å². The standard InChI is InChI=1S/C14H20O3/c1-5-16-14(15)13-7-6-12(8-11(13)4)17-9-10(2)3/h6-8,10H,5,9H2,1-4H3. The van der Waals surface area contributed by atoms with Crippen molar-refractivity contribution in [1.82, 2.24) is 0 Å². The molecule has 0 bridgehead atoms. The highest BCUT2D eigenvalue weighted by atomic mass is 16.5. The number of esters is 1. The van der Waals surface area contributed by atoms with E-state index in [2.05, 4.69) is 13.8 Å². The third-order valence-electron chi connectivity index (χ3n) is 2.28. The van der Waals surface area contributed by atoms with Crippen molar-refractivity contribution in [2.24, 2.45) is 5.92 Å². The number of rotatable bonds is 5. The number of hydrogen-bond donors (Lipinski definition) is 0. The second-order valence-corrected chi connectivity index (χ2v) is 4.40. The van der Waals surface area contributed by atoms with E-state index in [1.807, 2.05) is 19.1 Å². The van der Waals surface area contributed by atoms with Crippen LogP contribution >= 0.6 is 0 Å². The highest BCUT2D eigenvalue weighted by molar-refractivity contribution is 5.91. The Labute approximate surface area is 103 Å². The van der Waals surface area contributed by atoms with E-state index < -0.39 is 0 Å². The second-order valence-electron chi connectivity index (χ2n) is 4.40. The number of ether oxygens (including phenoxy) is 2. The van der Waals surface area contributed by atoms with Gasteiger partial charge >= 0.3 is 5.97 Å². The predicted octanol–water partition coefficient (Wildman–Crippen LogP) is 3.21. The van der Waals surface area contributed by atoms with E-state index in [0.29, 0.717) is 24.7 Å². The van der Waals surface area contributed by atoms with Crippen molar-refractivity contribution in [3.8, 4) is 5.75 Å². The predicted molar refractivity (Wildman–Crippen MR) is 67.5 cm³/mol. The molecule has 0 fully saturated rings. The first-order valence-corrected chi connectivity index (χ1v) is 5.95. The zero-order valence-electron chi connectivity index (χ0n) is 10.9. The van der Waals surface area contributed by atoms with Crippen molar-refractivity contribution in [3.05, 3.63) is 29.3 Å².